The topological polar surface area (TPSA) is 59.3 Å². The molecule has 0 spiro atoms. The molecule has 0 saturated carbocycles. The lowest BCUT2D eigenvalue weighted by atomic mass is 9.94. The molecule has 0 saturated heterocycles. The fraction of sp³-hybridized carbons (Fsp3) is 0.278. The van der Waals surface area contributed by atoms with E-state index in [1.54, 1.807) is 10.7 Å². The van der Waals surface area contributed by atoms with E-state index >= 15 is 0 Å². The van der Waals surface area contributed by atoms with Crippen LogP contribution in [-0.4, -0.2) is 20.5 Å². The van der Waals surface area contributed by atoms with Crippen LogP contribution in [0.15, 0.2) is 36.5 Å². The highest BCUT2D eigenvalue weighted by Gasteiger charge is 2.25. The summed E-state index contributed by atoms with van der Waals surface area (Å²) in [6.45, 7) is 7.74. The summed E-state index contributed by atoms with van der Waals surface area (Å²) in [4.78, 5) is 17.2. The van der Waals surface area contributed by atoms with E-state index in [1.165, 1.54) is 0 Å². The van der Waals surface area contributed by atoms with Crippen LogP contribution in [0.4, 0.5) is 0 Å². The Kier molecular flexibility index (Phi) is 4.05. The second-order valence-corrected chi connectivity index (χ2v) is 6.86. The molecule has 0 aliphatic rings. The fourth-order valence-corrected chi connectivity index (χ4v) is 2.85. The van der Waals surface area contributed by atoms with Crippen LogP contribution in [0.25, 0.3) is 5.65 Å². The van der Waals surface area contributed by atoms with Crippen molar-refractivity contribution < 1.29 is 4.79 Å². The first kappa shape index (κ1) is 16.5. The Morgan fingerprint density at radius 1 is 1.21 bits per heavy atom. The maximum Gasteiger partial charge on any atom is 0.257 e. The highest BCUT2D eigenvalue weighted by Crippen LogP contribution is 2.23. The van der Waals surface area contributed by atoms with Crippen LogP contribution < -0.4 is 5.32 Å². The predicted octanol–water partition coefficient (Wildman–Crippen LogP) is 3.66. The molecule has 1 N–H and O–H groups in total. The molecule has 0 aliphatic carbocycles. The number of hydrogen-bond donors (Lipinski definition) is 1. The molecule has 0 fully saturated rings. The summed E-state index contributed by atoms with van der Waals surface area (Å²) >= 11 is 5.94. The van der Waals surface area contributed by atoms with Crippen molar-refractivity contribution >= 4 is 23.2 Å². The fourth-order valence-electron chi connectivity index (χ4n) is 2.72. The molecule has 2 heterocycles. The molecule has 1 amide bonds. The summed E-state index contributed by atoms with van der Waals surface area (Å²) in [5.41, 5.74) is 3.24. The number of carbonyl (C=O) groups is 1. The Morgan fingerprint density at radius 3 is 2.54 bits per heavy atom. The predicted molar refractivity (Wildman–Crippen MR) is 94.4 cm³/mol. The van der Waals surface area contributed by atoms with Crippen molar-refractivity contribution in [1.29, 1.82) is 0 Å². The molecule has 24 heavy (non-hydrogen) atoms. The lowest BCUT2D eigenvalue weighted by molar-refractivity contribution is 0.0913. The van der Waals surface area contributed by atoms with Gasteiger partial charge in [0.2, 0.25) is 0 Å². The van der Waals surface area contributed by atoms with E-state index in [9.17, 15) is 4.79 Å². The van der Waals surface area contributed by atoms with E-state index < -0.39 is 5.54 Å². The van der Waals surface area contributed by atoms with E-state index in [0.717, 1.165) is 17.0 Å². The van der Waals surface area contributed by atoms with E-state index in [0.29, 0.717) is 16.2 Å². The Bertz CT molecular complexity index is 913. The number of benzene rings is 1. The minimum atomic E-state index is -0.547. The molecule has 1 aromatic carbocycles. The van der Waals surface area contributed by atoms with Gasteiger partial charge in [-0.3, -0.25) is 4.79 Å². The Hall–Kier alpha value is -2.40. The van der Waals surface area contributed by atoms with Crippen molar-refractivity contribution in [2.24, 2.45) is 0 Å². The molecule has 3 rings (SSSR count). The first-order valence-corrected chi connectivity index (χ1v) is 8.06. The number of rotatable bonds is 3. The maximum absolute atomic E-state index is 12.8. The van der Waals surface area contributed by atoms with Crippen molar-refractivity contribution in [1.82, 2.24) is 19.9 Å². The molecular weight excluding hydrogens is 324 g/mol. The zero-order chi connectivity index (χ0) is 17.5. The molecule has 0 aliphatic heterocycles. The summed E-state index contributed by atoms with van der Waals surface area (Å²) in [5.74, 6) is -0.206. The lowest BCUT2D eigenvalue weighted by Crippen LogP contribution is -2.41. The zero-order valence-corrected chi connectivity index (χ0v) is 14.8. The standard InChI is InChI=1S/C18H19ClN4O/c1-11-9-12(2)23-16(21-11)15(10-20-23)17(24)22-18(3,4)13-5-7-14(19)8-6-13/h5-10H,1-4H3,(H,22,24). The van der Waals surface area contributed by atoms with Crippen LogP contribution in [-0.2, 0) is 5.54 Å². The molecule has 3 aromatic rings. The molecule has 5 nitrogen and oxygen atoms in total. The first-order valence-electron chi connectivity index (χ1n) is 7.68. The van der Waals surface area contributed by atoms with Gasteiger partial charge in [0.05, 0.1) is 11.7 Å². The highest BCUT2D eigenvalue weighted by molar-refractivity contribution is 6.30. The largest absolute Gasteiger partial charge is 0.343 e. The average Bonchev–Trinajstić information content (AvgIpc) is 2.91. The van der Waals surface area contributed by atoms with E-state index in [4.69, 9.17) is 11.6 Å². The number of nitrogens with one attached hydrogen (secondary N) is 1. The van der Waals surface area contributed by atoms with Crippen LogP contribution in [0.5, 0.6) is 0 Å². The Balaban J connectivity index is 1.93. The Morgan fingerprint density at radius 2 is 1.88 bits per heavy atom. The van der Waals surface area contributed by atoms with E-state index in [1.807, 2.05) is 58.0 Å². The highest BCUT2D eigenvalue weighted by atomic mass is 35.5. The van der Waals surface area contributed by atoms with Crippen molar-refractivity contribution in [2.75, 3.05) is 0 Å². The van der Waals surface area contributed by atoms with Gasteiger partial charge < -0.3 is 5.32 Å². The molecule has 0 atom stereocenters. The average molecular weight is 343 g/mol. The molecule has 2 aromatic heterocycles. The number of amides is 1. The van der Waals surface area contributed by atoms with Crippen LogP contribution in [0.1, 0.15) is 41.2 Å². The minimum Gasteiger partial charge on any atom is -0.343 e. The lowest BCUT2D eigenvalue weighted by Gasteiger charge is -2.26. The number of fused-ring (bicyclic) bond motifs is 1. The van der Waals surface area contributed by atoms with Crippen LogP contribution >= 0.6 is 11.6 Å². The van der Waals surface area contributed by atoms with Gasteiger partial charge in [-0.25, -0.2) is 9.50 Å². The molecule has 124 valence electrons. The molecule has 0 unspecified atom stereocenters. The monoisotopic (exact) mass is 342 g/mol. The van der Waals surface area contributed by atoms with Gasteiger partial charge in [-0.1, -0.05) is 23.7 Å². The van der Waals surface area contributed by atoms with Gasteiger partial charge in [0.15, 0.2) is 5.65 Å². The third-order valence-corrected chi connectivity index (χ3v) is 4.27. The summed E-state index contributed by atoms with van der Waals surface area (Å²) in [5, 5.41) is 7.99. The van der Waals surface area contributed by atoms with Crippen LogP contribution in [0.3, 0.4) is 0 Å². The summed E-state index contributed by atoms with van der Waals surface area (Å²) in [7, 11) is 0. The minimum absolute atomic E-state index is 0.206. The number of nitrogens with zero attached hydrogens (tertiary/aromatic N) is 3. The van der Waals surface area contributed by atoms with Gasteiger partial charge in [-0.15, -0.1) is 0 Å². The number of carbonyl (C=O) groups excluding carboxylic acids is 1. The second-order valence-electron chi connectivity index (χ2n) is 6.42. The smallest absolute Gasteiger partial charge is 0.257 e. The van der Waals surface area contributed by atoms with Gasteiger partial charge in [0, 0.05) is 16.4 Å². The summed E-state index contributed by atoms with van der Waals surface area (Å²) < 4.78 is 1.68. The van der Waals surface area contributed by atoms with Gasteiger partial charge >= 0.3 is 0 Å². The molecule has 0 radical (unpaired) electrons. The molecule has 6 heteroatoms. The maximum atomic E-state index is 12.8. The zero-order valence-electron chi connectivity index (χ0n) is 14.1. The van der Waals surface area contributed by atoms with Crippen LogP contribution in [0.2, 0.25) is 5.02 Å². The summed E-state index contributed by atoms with van der Waals surface area (Å²) in [6, 6.07) is 9.37. The van der Waals surface area contributed by atoms with Gasteiger partial charge in [0.1, 0.15) is 5.56 Å². The second kappa shape index (κ2) is 5.91. The molecule has 0 bridgehead atoms. The van der Waals surface area contributed by atoms with E-state index in [2.05, 4.69) is 15.4 Å². The Labute approximate surface area is 145 Å². The van der Waals surface area contributed by atoms with Crippen molar-refractivity contribution in [3.63, 3.8) is 0 Å². The first-order chi connectivity index (χ1) is 11.3. The van der Waals surface area contributed by atoms with Gasteiger partial charge in [-0.05, 0) is 51.5 Å². The normalized spacial score (nSPS) is 11.7. The van der Waals surface area contributed by atoms with Crippen molar-refractivity contribution in [3.8, 4) is 0 Å². The number of hydrogen-bond acceptors (Lipinski definition) is 3. The SMILES string of the molecule is Cc1cc(C)n2ncc(C(=O)NC(C)(C)c3ccc(Cl)cc3)c2n1. The van der Waals surface area contributed by atoms with Gasteiger partial charge in [-0.2, -0.15) is 5.10 Å². The number of aryl methyl sites for hydroxylation is 2. The number of halogens is 1. The van der Waals surface area contributed by atoms with Gasteiger partial charge in [0.25, 0.3) is 5.91 Å². The van der Waals surface area contributed by atoms with Crippen molar-refractivity contribution in [2.45, 2.75) is 33.2 Å². The van der Waals surface area contributed by atoms with Crippen molar-refractivity contribution in [3.05, 3.63) is 64.1 Å². The number of aromatic nitrogens is 3. The third kappa shape index (κ3) is 2.99. The van der Waals surface area contributed by atoms with E-state index in [-0.39, 0.29) is 5.91 Å². The third-order valence-electron chi connectivity index (χ3n) is 4.01. The summed E-state index contributed by atoms with van der Waals surface area (Å²) in [6.07, 6.45) is 1.56. The quantitative estimate of drug-likeness (QED) is 0.790. The molecular formula is C18H19ClN4O. The van der Waals surface area contributed by atoms with Crippen LogP contribution in [0, 0.1) is 13.8 Å².